The summed E-state index contributed by atoms with van der Waals surface area (Å²) in [7, 11) is 0. The number of carboxylic acid groups (broad SMARTS) is 2. The van der Waals surface area contributed by atoms with E-state index in [1.165, 1.54) is 11.8 Å². The third kappa shape index (κ3) is 4.97. The Balaban J connectivity index is 2.67. The van der Waals surface area contributed by atoms with Gasteiger partial charge in [0.15, 0.2) is 0 Å². The first-order valence-electron chi connectivity index (χ1n) is 5.86. The number of aromatic hydroxyl groups is 1. The Morgan fingerprint density at radius 1 is 1.32 bits per heavy atom. The molecule has 0 saturated carbocycles. The Morgan fingerprint density at radius 2 is 2.00 bits per heavy atom. The van der Waals surface area contributed by atoms with Crippen molar-refractivity contribution in [1.82, 2.24) is 4.90 Å². The second-order valence-corrected chi connectivity index (χ2v) is 4.30. The predicted molar refractivity (Wildman–Crippen MR) is 68.1 cm³/mol. The van der Waals surface area contributed by atoms with Crippen LogP contribution in [-0.2, 0) is 16.0 Å². The fourth-order valence-corrected chi connectivity index (χ4v) is 1.72. The second-order valence-electron chi connectivity index (χ2n) is 4.30. The van der Waals surface area contributed by atoms with Gasteiger partial charge in [0.1, 0.15) is 11.8 Å². The largest absolute Gasteiger partial charge is 0.508 e. The summed E-state index contributed by atoms with van der Waals surface area (Å²) < 4.78 is 0. The molecular formula is C13H17NO5. The van der Waals surface area contributed by atoms with Gasteiger partial charge in [0.05, 0.1) is 6.54 Å². The van der Waals surface area contributed by atoms with Gasteiger partial charge in [0.25, 0.3) is 0 Å². The quantitative estimate of drug-likeness (QED) is 0.675. The maximum absolute atomic E-state index is 10.9. The van der Waals surface area contributed by atoms with E-state index in [0.29, 0.717) is 13.0 Å². The highest BCUT2D eigenvalue weighted by molar-refractivity contribution is 5.75. The minimum atomic E-state index is -1.07. The average molecular weight is 267 g/mol. The number of carboxylic acids is 2. The summed E-state index contributed by atoms with van der Waals surface area (Å²) in [6.45, 7) is 1.42. The normalized spacial score (nSPS) is 12.3. The monoisotopic (exact) mass is 267 g/mol. The van der Waals surface area contributed by atoms with Gasteiger partial charge in [-0.3, -0.25) is 14.5 Å². The minimum Gasteiger partial charge on any atom is -0.508 e. The van der Waals surface area contributed by atoms with Gasteiger partial charge in [-0.15, -0.1) is 0 Å². The van der Waals surface area contributed by atoms with Crippen molar-refractivity contribution in [3.05, 3.63) is 29.8 Å². The first-order chi connectivity index (χ1) is 8.90. The third-order valence-electron chi connectivity index (χ3n) is 2.84. The Bertz CT molecular complexity index is 460. The van der Waals surface area contributed by atoms with Crippen molar-refractivity contribution < 1.29 is 24.9 Å². The summed E-state index contributed by atoms with van der Waals surface area (Å²) in [5.41, 5.74) is 0.827. The van der Waals surface area contributed by atoms with Crippen molar-refractivity contribution in [2.75, 3.05) is 13.1 Å². The highest BCUT2D eigenvalue weighted by Gasteiger charge is 2.22. The van der Waals surface area contributed by atoms with E-state index in [0.717, 1.165) is 5.56 Å². The molecule has 0 fully saturated rings. The molecule has 6 nitrogen and oxygen atoms in total. The van der Waals surface area contributed by atoms with Crippen LogP contribution in [0.25, 0.3) is 0 Å². The molecule has 0 unspecified atom stereocenters. The van der Waals surface area contributed by atoms with Crippen molar-refractivity contribution in [2.45, 2.75) is 19.4 Å². The molecule has 0 amide bonds. The molecular weight excluding hydrogens is 250 g/mol. The molecule has 104 valence electrons. The maximum Gasteiger partial charge on any atom is 0.320 e. The molecule has 0 saturated heterocycles. The Labute approximate surface area is 110 Å². The van der Waals surface area contributed by atoms with Gasteiger partial charge in [-0.25, -0.2) is 0 Å². The van der Waals surface area contributed by atoms with Crippen LogP contribution < -0.4 is 0 Å². The number of rotatable bonds is 7. The van der Waals surface area contributed by atoms with Crippen molar-refractivity contribution >= 4 is 11.9 Å². The lowest BCUT2D eigenvalue weighted by Gasteiger charge is -2.24. The molecule has 0 aliphatic rings. The summed E-state index contributed by atoms with van der Waals surface area (Å²) in [5.74, 6) is -1.99. The summed E-state index contributed by atoms with van der Waals surface area (Å²) in [5, 5.41) is 27.0. The van der Waals surface area contributed by atoms with E-state index in [-0.39, 0.29) is 12.3 Å². The molecule has 0 aliphatic heterocycles. The zero-order valence-corrected chi connectivity index (χ0v) is 10.6. The van der Waals surface area contributed by atoms with Gasteiger partial charge < -0.3 is 15.3 Å². The van der Waals surface area contributed by atoms with E-state index >= 15 is 0 Å². The van der Waals surface area contributed by atoms with Gasteiger partial charge >= 0.3 is 11.9 Å². The van der Waals surface area contributed by atoms with Gasteiger partial charge in [-0.1, -0.05) is 12.1 Å². The van der Waals surface area contributed by atoms with Crippen molar-refractivity contribution in [1.29, 1.82) is 0 Å². The highest BCUT2D eigenvalue weighted by Crippen LogP contribution is 2.12. The zero-order valence-electron chi connectivity index (χ0n) is 10.6. The van der Waals surface area contributed by atoms with Crippen LogP contribution in [-0.4, -0.2) is 51.3 Å². The van der Waals surface area contributed by atoms with Crippen LogP contribution in [0.3, 0.4) is 0 Å². The lowest BCUT2D eigenvalue weighted by Crippen LogP contribution is -2.43. The smallest absolute Gasteiger partial charge is 0.320 e. The lowest BCUT2D eigenvalue weighted by atomic mass is 10.1. The molecule has 0 aromatic heterocycles. The molecule has 1 rings (SSSR count). The number of nitrogens with zero attached hydrogens (tertiary/aromatic N) is 1. The van der Waals surface area contributed by atoms with Crippen molar-refractivity contribution in [2.24, 2.45) is 0 Å². The average Bonchev–Trinajstić information content (AvgIpc) is 2.33. The predicted octanol–water partition coefficient (Wildman–Crippen LogP) is 0.794. The van der Waals surface area contributed by atoms with Gasteiger partial charge in [-0.05, 0) is 31.0 Å². The van der Waals surface area contributed by atoms with Crippen molar-refractivity contribution in [3.8, 4) is 5.75 Å². The number of hydrogen-bond donors (Lipinski definition) is 3. The first-order valence-corrected chi connectivity index (χ1v) is 5.86. The highest BCUT2D eigenvalue weighted by atomic mass is 16.4. The molecule has 0 bridgehead atoms. The molecule has 0 heterocycles. The zero-order chi connectivity index (χ0) is 14.4. The third-order valence-corrected chi connectivity index (χ3v) is 2.84. The van der Waals surface area contributed by atoms with E-state index in [1.807, 2.05) is 0 Å². The summed E-state index contributed by atoms with van der Waals surface area (Å²) in [6, 6.07) is 5.73. The summed E-state index contributed by atoms with van der Waals surface area (Å²) in [4.78, 5) is 23.0. The molecule has 1 atom stereocenters. The molecule has 1 aromatic rings. The minimum absolute atomic E-state index is 0.133. The van der Waals surface area contributed by atoms with E-state index in [4.69, 9.17) is 10.2 Å². The van der Waals surface area contributed by atoms with Gasteiger partial charge in [0, 0.05) is 6.54 Å². The Morgan fingerprint density at radius 3 is 2.53 bits per heavy atom. The van der Waals surface area contributed by atoms with Crippen LogP contribution in [0.1, 0.15) is 12.5 Å². The Hall–Kier alpha value is -2.08. The van der Waals surface area contributed by atoms with Crippen LogP contribution in [0.5, 0.6) is 5.75 Å². The standard InChI is InChI=1S/C13H17NO5/c1-9(13(18)19)14(8-12(16)17)6-5-10-3-2-4-11(15)7-10/h2-4,7,9,15H,5-6,8H2,1H3,(H,16,17)(H,18,19)/t9-/m1/s1. The molecule has 3 N–H and O–H groups in total. The van der Waals surface area contributed by atoms with Crippen LogP contribution in [0.2, 0.25) is 0 Å². The van der Waals surface area contributed by atoms with E-state index < -0.39 is 18.0 Å². The van der Waals surface area contributed by atoms with Crippen LogP contribution in [0, 0.1) is 0 Å². The summed E-state index contributed by atoms with van der Waals surface area (Å²) >= 11 is 0. The number of carbonyl (C=O) groups is 2. The molecule has 6 heteroatoms. The molecule has 0 radical (unpaired) electrons. The fourth-order valence-electron chi connectivity index (χ4n) is 1.72. The van der Waals surface area contributed by atoms with Crippen LogP contribution in [0.4, 0.5) is 0 Å². The van der Waals surface area contributed by atoms with E-state index in [1.54, 1.807) is 24.3 Å². The van der Waals surface area contributed by atoms with E-state index in [2.05, 4.69) is 0 Å². The number of hydrogen-bond acceptors (Lipinski definition) is 4. The second kappa shape index (κ2) is 6.75. The van der Waals surface area contributed by atoms with Crippen molar-refractivity contribution in [3.63, 3.8) is 0 Å². The molecule has 0 spiro atoms. The first kappa shape index (κ1) is 15.0. The number of aliphatic carboxylic acids is 2. The van der Waals surface area contributed by atoms with Crippen LogP contribution in [0.15, 0.2) is 24.3 Å². The fraction of sp³-hybridized carbons (Fsp3) is 0.385. The summed E-state index contributed by atoms with van der Waals surface area (Å²) in [6.07, 6.45) is 0.472. The van der Waals surface area contributed by atoms with E-state index in [9.17, 15) is 14.7 Å². The number of phenols is 1. The topological polar surface area (TPSA) is 98.1 Å². The Kier molecular flexibility index (Phi) is 5.32. The van der Waals surface area contributed by atoms with Gasteiger partial charge in [-0.2, -0.15) is 0 Å². The van der Waals surface area contributed by atoms with Gasteiger partial charge in [0.2, 0.25) is 0 Å². The molecule has 0 aliphatic carbocycles. The van der Waals surface area contributed by atoms with Crippen LogP contribution >= 0.6 is 0 Å². The maximum atomic E-state index is 10.9. The number of benzene rings is 1. The lowest BCUT2D eigenvalue weighted by molar-refractivity contribution is -0.145. The SMILES string of the molecule is C[C@H](C(=O)O)N(CCc1cccc(O)c1)CC(=O)O. The molecule has 19 heavy (non-hydrogen) atoms. The molecule has 1 aromatic carbocycles. The number of phenolic OH excluding ortho intramolecular Hbond substituents is 1.